The lowest BCUT2D eigenvalue weighted by atomic mass is 10.2. The number of fused-ring (bicyclic) bond motifs is 1. The van der Waals surface area contributed by atoms with Crippen molar-refractivity contribution in [2.45, 2.75) is 26.3 Å². The molecule has 2 aromatic heterocycles. The van der Waals surface area contributed by atoms with Crippen LogP contribution in [0.1, 0.15) is 34.0 Å². The third kappa shape index (κ3) is 3.49. The van der Waals surface area contributed by atoms with Crippen LogP contribution in [-0.4, -0.2) is 29.0 Å². The summed E-state index contributed by atoms with van der Waals surface area (Å²) in [5.74, 6) is 1.56. The van der Waals surface area contributed by atoms with Crippen molar-refractivity contribution in [2.75, 3.05) is 18.0 Å². The molecule has 25 heavy (non-hydrogen) atoms. The average Bonchev–Trinajstić information content (AvgIpc) is 3.28. The standard InChI is InChI=1S/C19H20N4OS/c1-13-10-18(23-8-4-5-9-23)22-17(21-13)12-20-19(24)16-11-14-6-2-3-7-15(14)25-16/h2-3,6-7,10-11H,4-5,8-9,12H2,1H3,(H,20,24). The quantitative estimate of drug-likeness (QED) is 0.780. The molecule has 3 heterocycles. The van der Waals surface area contributed by atoms with Crippen molar-refractivity contribution in [1.82, 2.24) is 15.3 Å². The minimum Gasteiger partial charge on any atom is -0.357 e. The Labute approximate surface area is 150 Å². The fraction of sp³-hybridized carbons (Fsp3) is 0.316. The van der Waals surface area contributed by atoms with Gasteiger partial charge in [-0.25, -0.2) is 9.97 Å². The summed E-state index contributed by atoms with van der Waals surface area (Å²) in [5, 5.41) is 4.05. The first-order valence-corrected chi connectivity index (χ1v) is 9.37. The number of amides is 1. The number of aromatic nitrogens is 2. The largest absolute Gasteiger partial charge is 0.357 e. The van der Waals surface area contributed by atoms with Gasteiger partial charge >= 0.3 is 0 Å². The Bertz CT molecular complexity index is 882. The van der Waals surface area contributed by atoms with Gasteiger partial charge in [-0.05, 0) is 37.3 Å². The van der Waals surface area contributed by atoms with Crippen LogP contribution in [0.5, 0.6) is 0 Å². The third-order valence-corrected chi connectivity index (χ3v) is 5.49. The molecule has 4 rings (SSSR count). The zero-order valence-corrected chi connectivity index (χ0v) is 15.0. The minimum absolute atomic E-state index is 0.0750. The molecule has 0 atom stereocenters. The number of hydrogen-bond donors (Lipinski definition) is 1. The van der Waals surface area contributed by atoms with Crippen molar-refractivity contribution in [1.29, 1.82) is 0 Å². The molecule has 1 fully saturated rings. The van der Waals surface area contributed by atoms with Gasteiger partial charge in [-0.3, -0.25) is 4.79 Å². The summed E-state index contributed by atoms with van der Waals surface area (Å²) in [6, 6.07) is 12.0. The van der Waals surface area contributed by atoms with Gasteiger partial charge in [0, 0.05) is 29.5 Å². The maximum Gasteiger partial charge on any atom is 0.261 e. The third-order valence-electron chi connectivity index (χ3n) is 4.37. The molecule has 1 aromatic carbocycles. The van der Waals surface area contributed by atoms with E-state index >= 15 is 0 Å². The summed E-state index contributed by atoms with van der Waals surface area (Å²) < 4.78 is 1.12. The summed E-state index contributed by atoms with van der Waals surface area (Å²) in [5.41, 5.74) is 0.933. The number of hydrogen-bond acceptors (Lipinski definition) is 5. The molecule has 3 aromatic rings. The lowest BCUT2D eigenvalue weighted by molar-refractivity contribution is 0.0954. The van der Waals surface area contributed by atoms with E-state index in [1.165, 1.54) is 24.2 Å². The predicted molar refractivity (Wildman–Crippen MR) is 101 cm³/mol. The Balaban J connectivity index is 1.47. The minimum atomic E-state index is -0.0750. The summed E-state index contributed by atoms with van der Waals surface area (Å²) in [6.45, 7) is 4.40. The summed E-state index contributed by atoms with van der Waals surface area (Å²) in [4.78, 5) is 24.5. The Morgan fingerprint density at radius 1 is 1.20 bits per heavy atom. The lowest BCUT2D eigenvalue weighted by Gasteiger charge is -2.17. The highest BCUT2D eigenvalue weighted by atomic mass is 32.1. The number of nitrogens with one attached hydrogen (secondary N) is 1. The molecule has 0 aliphatic carbocycles. The summed E-state index contributed by atoms with van der Waals surface area (Å²) >= 11 is 1.51. The van der Waals surface area contributed by atoms with Crippen molar-refractivity contribution in [3.05, 3.63) is 52.8 Å². The van der Waals surface area contributed by atoms with Gasteiger partial charge in [-0.1, -0.05) is 18.2 Å². The van der Waals surface area contributed by atoms with E-state index < -0.39 is 0 Å². The summed E-state index contributed by atoms with van der Waals surface area (Å²) in [7, 11) is 0. The van der Waals surface area contributed by atoms with Crippen LogP contribution >= 0.6 is 11.3 Å². The van der Waals surface area contributed by atoms with Gasteiger partial charge in [0.05, 0.1) is 11.4 Å². The maximum atomic E-state index is 12.4. The van der Waals surface area contributed by atoms with Gasteiger partial charge in [0.15, 0.2) is 0 Å². The van der Waals surface area contributed by atoms with Gasteiger partial charge in [-0.2, -0.15) is 0 Å². The molecule has 1 amide bonds. The number of carbonyl (C=O) groups excluding carboxylic acids is 1. The van der Waals surface area contributed by atoms with Crippen LogP contribution < -0.4 is 10.2 Å². The molecule has 1 N–H and O–H groups in total. The number of aryl methyl sites for hydroxylation is 1. The fourth-order valence-corrected chi connectivity index (χ4v) is 4.12. The first kappa shape index (κ1) is 16.0. The molecule has 0 unspecified atom stereocenters. The van der Waals surface area contributed by atoms with E-state index in [2.05, 4.69) is 20.2 Å². The second-order valence-electron chi connectivity index (χ2n) is 6.31. The number of rotatable bonds is 4. The smallest absolute Gasteiger partial charge is 0.261 e. The van der Waals surface area contributed by atoms with Crippen LogP contribution in [0, 0.1) is 6.92 Å². The molecule has 6 heteroatoms. The van der Waals surface area contributed by atoms with Crippen LogP contribution in [0.4, 0.5) is 5.82 Å². The Hall–Kier alpha value is -2.47. The van der Waals surface area contributed by atoms with Crippen LogP contribution in [-0.2, 0) is 6.54 Å². The molecule has 0 radical (unpaired) electrons. The molecule has 1 saturated heterocycles. The predicted octanol–water partition coefficient (Wildman–Crippen LogP) is 3.53. The molecule has 128 valence electrons. The van der Waals surface area contributed by atoms with Crippen LogP contribution in [0.3, 0.4) is 0 Å². The van der Waals surface area contributed by atoms with Gasteiger partial charge in [0.1, 0.15) is 11.6 Å². The highest BCUT2D eigenvalue weighted by molar-refractivity contribution is 7.20. The van der Waals surface area contributed by atoms with E-state index in [-0.39, 0.29) is 5.91 Å². The molecular weight excluding hydrogens is 332 g/mol. The van der Waals surface area contributed by atoms with E-state index in [9.17, 15) is 4.79 Å². The van der Waals surface area contributed by atoms with Gasteiger partial charge < -0.3 is 10.2 Å². The zero-order chi connectivity index (χ0) is 17.2. The highest BCUT2D eigenvalue weighted by Gasteiger charge is 2.16. The Morgan fingerprint density at radius 2 is 2.00 bits per heavy atom. The average molecular weight is 352 g/mol. The van der Waals surface area contributed by atoms with Crippen molar-refractivity contribution in [3.63, 3.8) is 0 Å². The lowest BCUT2D eigenvalue weighted by Crippen LogP contribution is -2.25. The normalized spacial score (nSPS) is 14.2. The zero-order valence-electron chi connectivity index (χ0n) is 14.2. The van der Waals surface area contributed by atoms with Crippen molar-refractivity contribution in [3.8, 4) is 0 Å². The highest BCUT2D eigenvalue weighted by Crippen LogP contribution is 2.25. The van der Waals surface area contributed by atoms with E-state index in [1.54, 1.807) is 0 Å². The number of thiophene rings is 1. The van der Waals surface area contributed by atoms with Gasteiger partial charge in [0.2, 0.25) is 0 Å². The van der Waals surface area contributed by atoms with E-state index in [0.717, 1.165) is 34.7 Å². The Morgan fingerprint density at radius 3 is 2.80 bits per heavy atom. The molecule has 0 spiro atoms. The van der Waals surface area contributed by atoms with E-state index in [1.807, 2.05) is 43.3 Å². The van der Waals surface area contributed by atoms with E-state index in [0.29, 0.717) is 17.2 Å². The fourth-order valence-electron chi connectivity index (χ4n) is 3.14. The molecule has 1 aliphatic rings. The number of anilines is 1. The number of nitrogens with zero attached hydrogens (tertiary/aromatic N) is 3. The van der Waals surface area contributed by atoms with Crippen molar-refractivity contribution >= 4 is 33.1 Å². The molecule has 1 aliphatic heterocycles. The SMILES string of the molecule is Cc1cc(N2CCCC2)nc(CNC(=O)c2cc3ccccc3s2)n1. The topological polar surface area (TPSA) is 58.1 Å². The Kier molecular flexibility index (Phi) is 4.36. The second-order valence-corrected chi connectivity index (χ2v) is 7.39. The monoisotopic (exact) mass is 352 g/mol. The van der Waals surface area contributed by atoms with Crippen LogP contribution in [0.2, 0.25) is 0 Å². The first-order valence-electron chi connectivity index (χ1n) is 8.55. The van der Waals surface area contributed by atoms with Gasteiger partial charge in [0.25, 0.3) is 5.91 Å². The number of carbonyl (C=O) groups is 1. The second kappa shape index (κ2) is 6.80. The van der Waals surface area contributed by atoms with Crippen LogP contribution in [0.15, 0.2) is 36.4 Å². The molecule has 5 nitrogen and oxygen atoms in total. The summed E-state index contributed by atoms with van der Waals surface area (Å²) in [6.07, 6.45) is 2.42. The molecular formula is C19H20N4OS. The number of benzene rings is 1. The first-order chi connectivity index (χ1) is 12.2. The molecule has 0 bridgehead atoms. The van der Waals surface area contributed by atoms with Crippen LogP contribution in [0.25, 0.3) is 10.1 Å². The van der Waals surface area contributed by atoms with Crippen molar-refractivity contribution in [2.24, 2.45) is 0 Å². The van der Waals surface area contributed by atoms with E-state index in [4.69, 9.17) is 0 Å². The van der Waals surface area contributed by atoms with Crippen molar-refractivity contribution < 1.29 is 4.79 Å². The van der Waals surface area contributed by atoms with Gasteiger partial charge in [-0.15, -0.1) is 11.3 Å². The maximum absolute atomic E-state index is 12.4. The molecule has 0 saturated carbocycles.